The molecule has 1 saturated heterocycles. The summed E-state index contributed by atoms with van der Waals surface area (Å²) in [5.41, 5.74) is 0. The van der Waals surface area contributed by atoms with Gasteiger partial charge in [0.1, 0.15) is 25.5 Å². The molecular weight excluding hydrogens is 364 g/mol. The number of hydrogen-bond acceptors (Lipinski definition) is 10. The lowest BCUT2D eigenvalue weighted by molar-refractivity contribution is -0.380. The molecule has 1 fully saturated rings. The summed E-state index contributed by atoms with van der Waals surface area (Å²) in [4.78, 5) is 54.1. The van der Waals surface area contributed by atoms with Crippen molar-refractivity contribution in [3.8, 4) is 0 Å². The monoisotopic (exact) mass is 370 g/mol. The molecule has 1 aliphatic heterocycles. The van der Waals surface area contributed by atoms with Gasteiger partial charge in [0, 0.05) is 0 Å². The highest BCUT2D eigenvalue weighted by molar-refractivity contribution is 7.19. The van der Waals surface area contributed by atoms with Gasteiger partial charge in [0.2, 0.25) is 11.8 Å². The van der Waals surface area contributed by atoms with Crippen LogP contribution in [0.25, 0.3) is 0 Å². The van der Waals surface area contributed by atoms with Gasteiger partial charge in [0.15, 0.2) is 10.3 Å². The van der Waals surface area contributed by atoms with Crippen molar-refractivity contribution >= 4 is 54.8 Å². The molecule has 3 rings (SSSR count). The number of carbonyl (C=O) groups excluding carboxylic acids is 2. The first kappa shape index (κ1) is 15.9. The van der Waals surface area contributed by atoms with Crippen LogP contribution < -0.4 is 9.80 Å². The highest BCUT2D eigenvalue weighted by Gasteiger charge is 2.35. The van der Waals surface area contributed by atoms with Crippen LogP contribution >= 0.6 is 22.7 Å². The van der Waals surface area contributed by atoms with Gasteiger partial charge >= 0.3 is 10.0 Å². The Kier molecular flexibility index (Phi) is 3.90. The normalized spacial score (nSPS) is 15.0. The van der Waals surface area contributed by atoms with Gasteiger partial charge in [-0.2, -0.15) is 0 Å². The average Bonchev–Trinajstić information content (AvgIpc) is 3.17. The Morgan fingerprint density at radius 1 is 0.875 bits per heavy atom. The van der Waals surface area contributed by atoms with Crippen LogP contribution in [0.1, 0.15) is 0 Å². The van der Waals surface area contributed by atoms with Crippen LogP contribution in [0.4, 0.5) is 20.3 Å². The third kappa shape index (κ3) is 2.79. The molecule has 0 bridgehead atoms. The van der Waals surface area contributed by atoms with E-state index in [2.05, 4.69) is 9.97 Å². The zero-order chi connectivity index (χ0) is 17.4. The number of thiazole rings is 2. The summed E-state index contributed by atoms with van der Waals surface area (Å²) in [6.07, 6.45) is 2.02. The molecule has 0 radical (unpaired) electrons. The van der Waals surface area contributed by atoms with Crippen LogP contribution in [0.5, 0.6) is 0 Å². The summed E-state index contributed by atoms with van der Waals surface area (Å²) in [7, 11) is 0. The number of nitrogens with zero attached hydrogens (tertiary/aromatic N) is 6. The van der Waals surface area contributed by atoms with E-state index in [-0.39, 0.29) is 33.4 Å². The Morgan fingerprint density at radius 2 is 1.25 bits per heavy atom. The second-order valence-corrected chi connectivity index (χ2v) is 6.41. The maximum atomic E-state index is 12.2. The largest absolute Gasteiger partial charge is 0.345 e. The Labute approximate surface area is 140 Å². The number of nitro groups is 2. The zero-order valence-corrected chi connectivity index (χ0v) is 13.2. The van der Waals surface area contributed by atoms with Gasteiger partial charge < -0.3 is 0 Å². The Balaban J connectivity index is 1.80. The molecule has 0 atom stereocenters. The molecular formula is C10H6N6O6S2. The van der Waals surface area contributed by atoms with Crippen molar-refractivity contribution in [1.29, 1.82) is 0 Å². The molecule has 2 amide bonds. The third-order valence-corrected chi connectivity index (χ3v) is 4.92. The quantitative estimate of drug-likeness (QED) is 0.565. The maximum Gasteiger partial charge on any atom is 0.345 e. The van der Waals surface area contributed by atoms with Crippen molar-refractivity contribution in [2.45, 2.75) is 0 Å². The summed E-state index contributed by atoms with van der Waals surface area (Å²) in [5, 5.41) is 20.9. The molecule has 1 aliphatic rings. The first-order chi connectivity index (χ1) is 11.4. The van der Waals surface area contributed by atoms with Crippen molar-refractivity contribution in [3.63, 3.8) is 0 Å². The van der Waals surface area contributed by atoms with Gasteiger partial charge in [-0.3, -0.25) is 39.6 Å². The molecule has 2 aromatic rings. The first-order valence-electron chi connectivity index (χ1n) is 6.18. The van der Waals surface area contributed by atoms with Crippen LogP contribution in [0, 0.1) is 20.2 Å². The Morgan fingerprint density at radius 3 is 1.54 bits per heavy atom. The van der Waals surface area contributed by atoms with Crippen molar-refractivity contribution in [2.75, 3.05) is 22.9 Å². The smallest absolute Gasteiger partial charge is 0.277 e. The van der Waals surface area contributed by atoms with Gasteiger partial charge in [-0.05, 0) is 22.7 Å². The fraction of sp³-hybridized carbons (Fsp3) is 0.200. The number of piperazine rings is 1. The van der Waals surface area contributed by atoms with Gasteiger partial charge in [0.25, 0.3) is 0 Å². The molecule has 0 N–H and O–H groups in total. The van der Waals surface area contributed by atoms with E-state index < -0.39 is 21.7 Å². The average molecular weight is 370 g/mol. The minimum absolute atomic E-state index is 0.0461. The Hall–Kier alpha value is -3.00. The predicted molar refractivity (Wildman–Crippen MR) is 82.2 cm³/mol. The molecule has 14 heteroatoms. The standard InChI is InChI=1S/C10H6N6O6S2/c17-5-4-14(10-12-2-8(24-10)16(21)22)6(18)3-13(5)9-11-1-7(23-9)15(19)20/h1-2H,3-4H2. The van der Waals surface area contributed by atoms with E-state index in [1.54, 1.807) is 0 Å². The van der Waals surface area contributed by atoms with Gasteiger partial charge in [-0.25, -0.2) is 9.97 Å². The molecule has 124 valence electrons. The number of anilines is 2. The number of aromatic nitrogens is 2. The Bertz CT molecular complexity index is 791. The van der Waals surface area contributed by atoms with E-state index in [4.69, 9.17) is 0 Å². The van der Waals surface area contributed by atoms with Crippen LogP contribution in [0.15, 0.2) is 12.4 Å². The van der Waals surface area contributed by atoms with Crippen LogP contribution in [-0.4, -0.2) is 44.7 Å². The van der Waals surface area contributed by atoms with Gasteiger partial charge in [0.05, 0.1) is 9.85 Å². The molecule has 2 aromatic heterocycles. The molecule has 24 heavy (non-hydrogen) atoms. The van der Waals surface area contributed by atoms with Crippen molar-refractivity contribution < 1.29 is 19.4 Å². The highest BCUT2D eigenvalue weighted by atomic mass is 32.1. The third-order valence-electron chi connectivity index (χ3n) is 2.97. The summed E-state index contributed by atoms with van der Waals surface area (Å²) < 4.78 is 0. The van der Waals surface area contributed by atoms with Crippen molar-refractivity contribution in [1.82, 2.24) is 9.97 Å². The molecule has 3 heterocycles. The number of hydrogen-bond donors (Lipinski definition) is 0. The van der Waals surface area contributed by atoms with Gasteiger partial charge in [-0.15, -0.1) is 0 Å². The van der Waals surface area contributed by atoms with E-state index in [0.29, 0.717) is 22.7 Å². The summed E-state index contributed by atoms with van der Waals surface area (Å²) in [6, 6.07) is 0. The first-order valence-corrected chi connectivity index (χ1v) is 7.81. The van der Waals surface area contributed by atoms with Crippen LogP contribution in [0.2, 0.25) is 0 Å². The zero-order valence-electron chi connectivity index (χ0n) is 11.5. The van der Waals surface area contributed by atoms with Crippen molar-refractivity contribution in [2.24, 2.45) is 0 Å². The minimum atomic E-state index is -0.640. The van der Waals surface area contributed by atoms with E-state index in [1.807, 2.05) is 0 Å². The lowest BCUT2D eigenvalue weighted by Gasteiger charge is -2.30. The predicted octanol–water partition coefficient (Wildman–Crippen LogP) is 0.796. The molecule has 0 saturated carbocycles. The SMILES string of the molecule is O=C1CN(c2ncc([N+](=O)[O-])s2)C(=O)CN1c1ncc([N+](=O)[O-])s1. The van der Waals surface area contributed by atoms with E-state index in [1.165, 1.54) is 0 Å². The van der Waals surface area contributed by atoms with E-state index in [0.717, 1.165) is 22.2 Å². The maximum absolute atomic E-state index is 12.2. The second kappa shape index (κ2) is 5.89. The molecule has 0 unspecified atom stereocenters. The molecule has 12 nitrogen and oxygen atoms in total. The summed E-state index contributed by atoms with van der Waals surface area (Å²) in [6.45, 7) is -0.756. The molecule has 0 spiro atoms. The number of carbonyl (C=O) groups is 2. The van der Waals surface area contributed by atoms with Crippen LogP contribution in [-0.2, 0) is 9.59 Å². The summed E-state index contributed by atoms with van der Waals surface area (Å²) >= 11 is 1.36. The highest BCUT2D eigenvalue weighted by Crippen LogP contribution is 2.32. The number of amides is 2. The fourth-order valence-electron chi connectivity index (χ4n) is 1.90. The molecule has 0 aliphatic carbocycles. The van der Waals surface area contributed by atoms with Gasteiger partial charge in [-0.1, -0.05) is 0 Å². The summed E-state index contributed by atoms with van der Waals surface area (Å²) in [5.74, 6) is -1.03. The molecule has 0 aromatic carbocycles. The van der Waals surface area contributed by atoms with E-state index in [9.17, 15) is 29.8 Å². The van der Waals surface area contributed by atoms with Crippen LogP contribution in [0.3, 0.4) is 0 Å². The van der Waals surface area contributed by atoms with Crippen molar-refractivity contribution in [3.05, 3.63) is 32.6 Å². The lowest BCUT2D eigenvalue weighted by Crippen LogP contribution is -2.54. The number of rotatable bonds is 4. The minimum Gasteiger partial charge on any atom is -0.277 e. The fourth-order valence-corrected chi connectivity index (χ4v) is 3.40. The van der Waals surface area contributed by atoms with E-state index >= 15 is 0 Å². The second-order valence-electron chi connectivity index (χ2n) is 4.44. The topological polar surface area (TPSA) is 153 Å². The lowest BCUT2D eigenvalue weighted by atomic mass is 10.3.